The molecular formula is C9H14ClN3O. The fourth-order valence-electron chi connectivity index (χ4n) is 1.08. The molecule has 0 bridgehead atoms. The molecule has 0 spiro atoms. The second-order valence-electron chi connectivity index (χ2n) is 2.94. The molecule has 0 aliphatic carbocycles. The van der Waals surface area contributed by atoms with Crippen molar-refractivity contribution >= 4 is 17.4 Å². The molecule has 0 aliphatic heterocycles. The van der Waals surface area contributed by atoms with E-state index >= 15 is 0 Å². The molecule has 78 valence electrons. The molecule has 14 heavy (non-hydrogen) atoms. The maximum Gasteiger partial charge on any atom is 0.290 e. The van der Waals surface area contributed by atoms with Gasteiger partial charge in [0.05, 0.1) is 0 Å². The van der Waals surface area contributed by atoms with Crippen LogP contribution in [0.4, 0.5) is 5.82 Å². The topological polar surface area (TPSA) is 57.8 Å². The van der Waals surface area contributed by atoms with E-state index in [2.05, 4.69) is 15.3 Å². The third-order valence-electron chi connectivity index (χ3n) is 1.81. The van der Waals surface area contributed by atoms with Crippen LogP contribution in [0.3, 0.4) is 0 Å². The maximum absolute atomic E-state index is 11.1. The average Bonchev–Trinajstić information content (AvgIpc) is 2.20. The molecule has 0 saturated heterocycles. The van der Waals surface area contributed by atoms with Gasteiger partial charge in [-0.3, -0.25) is 4.79 Å². The third kappa shape index (κ3) is 3.79. The molecule has 0 aromatic carbocycles. The van der Waals surface area contributed by atoms with Gasteiger partial charge >= 0.3 is 0 Å². The van der Waals surface area contributed by atoms with E-state index in [9.17, 15) is 4.79 Å². The van der Waals surface area contributed by atoms with Crippen LogP contribution in [0.5, 0.6) is 0 Å². The number of nitrogens with one attached hydrogen (secondary N) is 2. The molecule has 0 aliphatic rings. The lowest BCUT2D eigenvalue weighted by Gasteiger charge is -2.02. The Morgan fingerprint density at radius 2 is 2.29 bits per heavy atom. The van der Waals surface area contributed by atoms with Gasteiger partial charge in [0, 0.05) is 24.8 Å². The number of H-pyrrole nitrogens is 1. The fraction of sp³-hybridized carbons (Fsp3) is 0.556. The van der Waals surface area contributed by atoms with E-state index in [-0.39, 0.29) is 5.56 Å². The molecule has 0 fully saturated rings. The largest absolute Gasteiger partial charge is 0.365 e. The van der Waals surface area contributed by atoms with Crippen LogP contribution < -0.4 is 10.9 Å². The predicted molar refractivity (Wildman–Crippen MR) is 57.9 cm³/mol. The Morgan fingerprint density at radius 3 is 3.00 bits per heavy atom. The van der Waals surface area contributed by atoms with E-state index < -0.39 is 0 Å². The van der Waals surface area contributed by atoms with E-state index in [1.54, 1.807) is 6.20 Å². The van der Waals surface area contributed by atoms with Crippen LogP contribution in [0.25, 0.3) is 0 Å². The van der Waals surface area contributed by atoms with Crippen molar-refractivity contribution in [2.24, 2.45) is 0 Å². The summed E-state index contributed by atoms with van der Waals surface area (Å²) in [5.74, 6) is 1.09. The third-order valence-corrected chi connectivity index (χ3v) is 2.08. The van der Waals surface area contributed by atoms with Crippen molar-refractivity contribution in [1.82, 2.24) is 9.97 Å². The minimum atomic E-state index is -0.176. The van der Waals surface area contributed by atoms with Gasteiger partial charge in [0.25, 0.3) is 5.56 Å². The van der Waals surface area contributed by atoms with Crippen molar-refractivity contribution < 1.29 is 0 Å². The molecule has 0 amide bonds. The second-order valence-corrected chi connectivity index (χ2v) is 3.32. The van der Waals surface area contributed by atoms with Gasteiger partial charge in [-0.25, -0.2) is 4.98 Å². The van der Waals surface area contributed by atoms with Gasteiger partial charge in [0.2, 0.25) is 0 Å². The maximum atomic E-state index is 11.1. The van der Waals surface area contributed by atoms with Crippen LogP contribution >= 0.6 is 11.6 Å². The summed E-state index contributed by atoms with van der Waals surface area (Å²) in [6.45, 7) is 0.761. The summed E-state index contributed by atoms with van der Waals surface area (Å²) in [5.41, 5.74) is -0.176. The van der Waals surface area contributed by atoms with Crippen LogP contribution in [-0.4, -0.2) is 22.4 Å². The van der Waals surface area contributed by atoms with Gasteiger partial charge < -0.3 is 10.3 Å². The molecule has 2 N–H and O–H groups in total. The highest BCUT2D eigenvalue weighted by Gasteiger charge is 1.96. The van der Waals surface area contributed by atoms with Crippen LogP contribution in [0.2, 0.25) is 0 Å². The highest BCUT2D eigenvalue weighted by Crippen LogP contribution is 1.98. The van der Waals surface area contributed by atoms with E-state index in [1.165, 1.54) is 6.20 Å². The first-order valence-corrected chi connectivity index (χ1v) is 5.21. The first-order chi connectivity index (χ1) is 6.84. The van der Waals surface area contributed by atoms with Crippen LogP contribution in [0.1, 0.15) is 19.3 Å². The highest BCUT2D eigenvalue weighted by molar-refractivity contribution is 6.17. The van der Waals surface area contributed by atoms with Crippen molar-refractivity contribution in [2.75, 3.05) is 17.7 Å². The molecule has 1 heterocycles. The summed E-state index contributed by atoms with van der Waals surface area (Å²) in [4.78, 5) is 17.6. The molecule has 1 aromatic heterocycles. The van der Waals surface area contributed by atoms with Gasteiger partial charge in [0.15, 0.2) is 5.82 Å². The lowest BCUT2D eigenvalue weighted by atomic mass is 10.2. The summed E-state index contributed by atoms with van der Waals surface area (Å²) in [5, 5.41) is 2.97. The van der Waals surface area contributed by atoms with E-state index in [0.717, 1.165) is 25.8 Å². The first kappa shape index (κ1) is 11.0. The van der Waals surface area contributed by atoms with E-state index in [4.69, 9.17) is 11.6 Å². The summed E-state index contributed by atoms with van der Waals surface area (Å²) >= 11 is 5.53. The monoisotopic (exact) mass is 215 g/mol. The first-order valence-electron chi connectivity index (χ1n) is 4.68. The smallest absolute Gasteiger partial charge is 0.290 e. The minimum Gasteiger partial charge on any atom is -0.365 e. The zero-order valence-corrected chi connectivity index (χ0v) is 8.68. The molecule has 0 atom stereocenters. The number of unbranched alkanes of at least 4 members (excludes halogenated alkanes) is 2. The summed E-state index contributed by atoms with van der Waals surface area (Å²) in [7, 11) is 0. The summed E-state index contributed by atoms with van der Waals surface area (Å²) in [6.07, 6.45) is 6.16. The molecule has 1 rings (SSSR count). The Hall–Kier alpha value is -1.03. The van der Waals surface area contributed by atoms with Gasteiger partial charge in [0.1, 0.15) is 0 Å². The lowest BCUT2D eigenvalue weighted by Crippen LogP contribution is -2.16. The second kappa shape index (κ2) is 6.43. The van der Waals surface area contributed by atoms with E-state index in [0.29, 0.717) is 11.7 Å². The van der Waals surface area contributed by atoms with Gasteiger partial charge in [-0.2, -0.15) is 0 Å². The number of hydrogen-bond donors (Lipinski definition) is 2. The van der Waals surface area contributed by atoms with E-state index in [1.807, 2.05) is 0 Å². The Balaban J connectivity index is 2.25. The van der Waals surface area contributed by atoms with Crippen LogP contribution in [0, 0.1) is 0 Å². The summed E-state index contributed by atoms with van der Waals surface area (Å²) < 4.78 is 0. The number of alkyl halides is 1. The number of aromatic nitrogens is 2. The Kier molecular flexibility index (Phi) is 5.07. The highest BCUT2D eigenvalue weighted by atomic mass is 35.5. The van der Waals surface area contributed by atoms with Crippen LogP contribution in [-0.2, 0) is 0 Å². The number of rotatable bonds is 6. The van der Waals surface area contributed by atoms with Crippen molar-refractivity contribution in [3.8, 4) is 0 Å². The SMILES string of the molecule is O=c1[nH]ccnc1NCCCCCCl. The van der Waals surface area contributed by atoms with Crippen molar-refractivity contribution in [3.63, 3.8) is 0 Å². The van der Waals surface area contributed by atoms with Crippen molar-refractivity contribution in [1.29, 1.82) is 0 Å². The lowest BCUT2D eigenvalue weighted by molar-refractivity contribution is 0.745. The number of aromatic amines is 1. The van der Waals surface area contributed by atoms with Gasteiger partial charge in [-0.05, 0) is 12.8 Å². The zero-order valence-electron chi connectivity index (χ0n) is 7.92. The Bertz CT molecular complexity index is 313. The Morgan fingerprint density at radius 1 is 1.43 bits per heavy atom. The number of nitrogens with zero attached hydrogens (tertiary/aromatic N) is 1. The Labute approximate surface area is 87.7 Å². The minimum absolute atomic E-state index is 0.176. The fourth-order valence-corrected chi connectivity index (χ4v) is 1.27. The molecule has 0 unspecified atom stereocenters. The van der Waals surface area contributed by atoms with Crippen LogP contribution in [0.15, 0.2) is 17.2 Å². The van der Waals surface area contributed by atoms with Crippen molar-refractivity contribution in [3.05, 3.63) is 22.7 Å². The molecule has 0 saturated carbocycles. The molecule has 4 nitrogen and oxygen atoms in total. The summed E-state index contributed by atoms with van der Waals surface area (Å²) in [6, 6.07) is 0. The standard InChI is InChI=1S/C9H14ClN3O/c10-4-2-1-3-5-11-8-9(14)13-7-6-12-8/h6-7H,1-5H2,(H,11,12)(H,13,14). The quantitative estimate of drug-likeness (QED) is 0.560. The van der Waals surface area contributed by atoms with Gasteiger partial charge in [-0.1, -0.05) is 6.42 Å². The zero-order chi connectivity index (χ0) is 10.2. The molecule has 5 heteroatoms. The predicted octanol–water partition coefficient (Wildman–Crippen LogP) is 1.59. The van der Waals surface area contributed by atoms with Gasteiger partial charge in [-0.15, -0.1) is 11.6 Å². The molecular weight excluding hydrogens is 202 g/mol. The number of hydrogen-bond acceptors (Lipinski definition) is 3. The van der Waals surface area contributed by atoms with Crippen molar-refractivity contribution in [2.45, 2.75) is 19.3 Å². The normalized spacial score (nSPS) is 10.1. The molecule has 0 radical (unpaired) electrons. The average molecular weight is 216 g/mol. The number of anilines is 1. The number of halogens is 1. The molecule has 1 aromatic rings.